The number of benzene rings is 1. The van der Waals surface area contributed by atoms with Gasteiger partial charge in [0.15, 0.2) is 5.96 Å². The number of aromatic nitrogens is 2. The van der Waals surface area contributed by atoms with Crippen molar-refractivity contribution in [2.24, 2.45) is 12.0 Å². The highest BCUT2D eigenvalue weighted by atomic mass is 127. The highest BCUT2D eigenvalue weighted by Crippen LogP contribution is 2.44. The Morgan fingerprint density at radius 3 is 2.50 bits per heavy atom. The van der Waals surface area contributed by atoms with Gasteiger partial charge in [0.05, 0.1) is 17.8 Å². The molecule has 1 heterocycles. The molecule has 2 N–H and O–H groups in total. The molecule has 1 fully saturated rings. The van der Waals surface area contributed by atoms with E-state index in [9.17, 15) is 13.2 Å². The Labute approximate surface area is 204 Å². The van der Waals surface area contributed by atoms with Gasteiger partial charge in [0.25, 0.3) is 0 Å². The molecule has 1 aliphatic rings. The molecule has 0 bridgehead atoms. The molecule has 1 aliphatic carbocycles. The molecule has 178 valence electrons. The molecule has 1 aromatic carbocycles. The van der Waals surface area contributed by atoms with E-state index in [1.54, 1.807) is 17.8 Å². The van der Waals surface area contributed by atoms with Crippen LogP contribution in [0.1, 0.15) is 42.0 Å². The van der Waals surface area contributed by atoms with Crippen molar-refractivity contribution in [3.05, 3.63) is 53.3 Å². The number of guanidine groups is 1. The summed E-state index contributed by atoms with van der Waals surface area (Å²) >= 11 is 0. The predicted octanol–water partition coefficient (Wildman–Crippen LogP) is 3.95. The number of rotatable bonds is 7. The van der Waals surface area contributed by atoms with Gasteiger partial charge < -0.3 is 15.5 Å². The molecule has 32 heavy (non-hydrogen) atoms. The van der Waals surface area contributed by atoms with Crippen molar-refractivity contribution in [1.29, 1.82) is 0 Å². The molecule has 10 heteroatoms. The van der Waals surface area contributed by atoms with Gasteiger partial charge in [0, 0.05) is 44.4 Å². The van der Waals surface area contributed by atoms with E-state index in [4.69, 9.17) is 0 Å². The van der Waals surface area contributed by atoms with Gasteiger partial charge in [-0.2, -0.15) is 18.3 Å². The average Bonchev–Trinajstić information content (AvgIpc) is 3.11. The van der Waals surface area contributed by atoms with Gasteiger partial charge >= 0.3 is 6.18 Å². The summed E-state index contributed by atoms with van der Waals surface area (Å²) in [7, 11) is 7.59. The molecule has 0 amide bonds. The van der Waals surface area contributed by atoms with E-state index in [-0.39, 0.29) is 35.4 Å². The Balaban J connectivity index is 0.00000363. The molecule has 1 unspecified atom stereocenters. The average molecular weight is 564 g/mol. The molecule has 2 aromatic rings. The van der Waals surface area contributed by atoms with Crippen molar-refractivity contribution < 1.29 is 13.2 Å². The molecule has 3 rings (SSSR count). The maximum absolute atomic E-state index is 13.2. The van der Waals surface area contributed by atoms with Crippen molar-refractivity contribution in [3.63, 3.8) is 0 Å². The minimum Gasteiger partial charge on any atom is -0.356 e. The number of aryl methyl sites for hydroxylation is 1. The van der Waals surface area contributed by atoms with Crippen LogP contribution < -0.4 is 10.6 Å². The third-order valence-corrected chi connectivity index (χ3v) is 6.13. The SMILES string of the molecule is CN=C(NCC(c1cnn(C)c1)N(C)C)NCC1(c2cccc(C(F)(F)F)c2)CCC1.I. The zero-order chi connectivity index (χ0) is 22.6. The van der Waals surface area contributed by atoms with Crippen LogP contribution in [-0.2, 0) is 18.6 Å². The Bertz CT molecular complexity index is 905. The van der Waals surface area contributed by atoms with E-state index < -0.39 is 11.7 Å². The molecule has 0 aliphatic heterocycles. The van der Waals surface area contributed by atoms with Crippen LogP contribution in [0.5, 0.6) is 0 Å². The lowest BCUT2D eigenvalue weighted by Crippen LogP contribution is -2.50. The van der Waals surface area contributed by atoms with Crippen molar-refractivity contribution in [2.75, 3.05) is 34.2 Å². The molecule has 0 spiro atoms. The topological polar surface area (TPSA) is 57.5 Å². The minimum atomic E-state index is -4.33. The van der Waals surface area contributed by atoms with Crippen molar-refractivity contribution >= 4 is 29.9 Å². The largest absolute Gasteiger partial charge is 0.416 e. The van der Waals surface area contributed by atoms with Gasteiger partial charge in [0.1, 0.15) is 0 Å². The lowest BCUT2D eigenvalue weighted by Gasteiger charge is -2.43. The quantitative estimate of drug-likeness (QED) is 0.304. The van der Waals surface area contributed by atoms with Crippen molar-refractivity contribution in [2.45, 2.75) is 36.9 Å². The van der Waals surface area contributed by atoms with E-state index in [1.165, 1.54) is 12.1 Å². The maximum atomic E-state index is 13.2. The number of halogens is 4. The highest BCUT2D eigenvalue weighted by Gasteiger charge is 2.40. The summed E-state index contributed by atoms with van der Waals surface area (Å²) in [4.78, 5) is 6.41. The Hall–Kier alpha value is -1.82. The van der Waals surface area contributed by atoms with Gasteiger partial charge in [-0.3, -0.25) is 9.67 Å². The molecule has 1 aromatic heterocycles. The number of hydrogen-bond acceptors (Lipinski definition) is 3. The Kier molecular flexibility index (Phi) is 8.98. The van der Waals surface area contributed by atoms with Crippen LogP contribution in [0.15, 0.2) is 41.7 Å². The second-order valence-electron chi connectivity index (χ2n) is 8.45. The Morgan fingerprint density at radius 1 is 1.28 bits per heavy atom. The first kappa shape index (κ1) is 26.4. The molecule has 1 atom stereocenters. The summed E-state index contributed by atoms with van der Waals surface area (Å²) in [5, 5.41) is 10.9. The van der Waals surface area contributed by atoms with E-state index in [2.05, 4.69) is 25.6 Å². The summed E-state index contributed by atoms with van der Waals surface area (Å²) in [5.41, 5.74) is 0.931. The van der Waals surface area contributed by atoms with Crippen molar-refractivity contribution in [1.82, 2.24) is 25.3 Å². The van der Waals surface area contributed by atoms with Gasteiger partial charge in [-0.1, -0.05) is 24.6 Å². The first-order valence-electron chi connectivity index (χ1n) is 10.4. The zero-order valence-corrected chi connectivity index (χ0v) is 21.2. The lowest BCUT2D eigenvalue weighted by molar-refractivity contribution is -0.137. The first-order chi connectivity index (χ1) is 14.6. The van der Waals surface area contributed by atoms with Crippen LogP contribution in [0.25, 0.3) is 0 Å². The molecule has 0 radical (unpaired) electrons. The van der Waals surface area contributed by atoms with E-state index >= 15 is 0 Å². The van der Waals surface area contributed by atoms with Crippen LogP contribution in [-0.4, -0.2) is 54.9 Å². The van der Waals surface area contributed by atoms with Crippen LogP contribution in [0.4, 0.5) is 13.2 Å². The number of aliphatic imine (C=N–C) groups is 1. The number of alkyl halides is 3. The summed E-state index contributed by atoms with van der Waals surface area (Å²) in [5.74, 6) is 0.633. The molecule has 6 nitrogen and oxygen atoms in total. The van der Waals surface area contributed by atoms with Crippen LogP contribution in [0.3, 0.4) is 0 Å². The summed E-state index contributed by atoms with van der Waals surface area (Å²) in [6, 6.07) is 5.83. The van der Waals surface area contributed by atoms with E-state index in [1.807, 2.05) is 33.5 Å². The van der Waals surface area contributed by atoms with Crippen LogP contribution in [0.2, 0.25) is 0 Å². The fourth-order valence-corrected chi connectivity index (χ4v) is 4.07. The van der Waals surface area contributed by atoms with E-state index in [0.29, 0.717) is 19.0 Å². The van der Waals surface area contributed by atoms with E-state index in [0.717, 1.165) is 36.5 Å². The highest BCUT2D eigenvalue weighted by molar-refractivity contribution is 14.0. The normalized spacial score (nSPS) is 16.8. The first-order valence-corrected chi connectivity index (χ1v) is 10.4. The van der Waals surface area contributed by atoms with Gasteiger partial charge in [-0.05, 0) is 38.6 Å². The molecular formula is C22H32F3IN6. The predicted molar refractivity (Wildman–Crippen MR) is 131 cm³/mol. The monoisotopic (exact) mass is 564 g/mol. The third-order valence-electron chi connectivity index (χ3n) is 6.13. The minimum absolute atomic E-state index is 0. The number of hydrogen-bond donors (Lipinski definition) is 2. The molecular weight excluding hydrogens is 532 g/mol. The smallest absolute Gasteiger partial charge is 0.356 e. The summed E-state index contributed by atoms with van der Waals surface area (Å²) in [6.07, 6.45) is 2.22. The Morgan fingerprint density at radius 2 is 2.00 bits per heavy atom. The van der Waals surface area contributed by atoms with Gasteiger partial charge in [-0.25, -0.2) is 0 Å². The third kappa shape index (κ3) is 6.15. The lowest BCUT2D eigenvalue weighted by atomic mass is 9.64. The number of nitrogens with zero attached hydrogens (tertiary/aromatic N) is 4. The number of nitrogens with one attached hydrogen (secondary N) is 2. The summed E-state index contributed by atoms with van der Waals surface area (Å²) < 4.78 is 41.3. The fourth-order valence-electron chi connectivity index (χ4n) is 4.07. The van der Waals surface area contributed by atoms with Crippen molar-refractivity contribution in [3.8, 4) is 0 Å². The molecule has 0 saturated heterocycles. The zero-order valence-electron chi connectivity index (χ0n) is 18.9. The van der Waals surface area contributed by atoms with Gasteiger partial charge in [-0.15, -0.1) is 24.0 Å². The second kappa shape index (κ2) is 10.9. The standard InChI is InChI=1S/C22H31F3N6.HI/c1-26-20(27-13-19(30(2)3)16-12-29-31(4)14-16)28-15-21(9-6-10-21)17-7-5-8-18(11-17)22(23,24)25;/h5,7-8,11-12,14,19H,6,9-10,13,15H2,1-4H3,(H2,26,27,28);1H. The maximum Gasteiger partial charge on any atom is 0.416 e. The fraction of sp³-hybridized carbons (Fsp3) is 0.545. The second-order valence-corrected chi connectivity index (χ2v) is 8.45. The van der Waals surface area contributed by atoms with Crippen LogP contribution in [0, 0.1) is 0 Å². The summed E-state index contributed by atoms with van der Waals surface area (Å²) in [6.45, 7) is 1.16. The van der Waals surface area contributed by atoms with Gasteiger partial charge in [0.2, 0.25) is 0 Å². The van der Waals surface area contributed by atoms with Crippen LogP contribution >= 0.6 is 24.0 Å². The molecule has 1 saturated carbocycles. The number of likely N-dealkylation sites (N-methyl/N-ethyl adjacent to an activating group) is 1.